The highest BCUT2D eigenvalue weighted by Gasteiger charge is 2.35. The number of alkyl halides is 3. The van der Waals surface area contributed by atoms with Crippen LogP contribution < -0.4 is 5.73 Å². The minimum Gasteiger partial charge on any atom is -0.464 e. The first-order valence-corrected chi connectivity index (χ1v) is 8.08. The molecule has 1 aromatic carbocycles. The molecule has 0 amide bonds. The third-order valence-electron chi connectivity index (χ3n) is 4.04. The van der Waals surface area contributed by atoms with Crippen molar-refractivity contribution in [2.45, 2.75) is 32.5 Å². The van der Waals surface area contributed by atoms with Crippen molar-refractivity contribution >= 4 is 33.7 Å². The van der Waals surface area contributed by atoms with Crippen LogP contribution in [0.15, 0.2) is 24.5 Å². The molecule has 0 unspecified atom stereocenters. The Morgan fingerprint density at radius 3 is 2.77 bits per heavy atom. The molecule has 0 aliphatic rings. The van der Waals surface area contributed by atoms with Gasteiger partial charge in [0.1, 0.15) is 24.3 Å². The highest BCUT2D eigenvalue weighted by Crippen LogP contribution is 2.39. The van der Waals surface area contributed by atoms with Crippen LogP contribution in [0.2, 0.25) is 0 Å². The molecule has 0 atom stereocenters. The van der Waals surface area contributed by atoms with Gasteiger partial charge in [-0.3, -0.25) is 4.79 Å². The van der Waals surface area contributed by atoms with Crippen LogP contribution in [0.3, 0.4) is 0 Å². The molecule has 138 valence electrons. The van der Waals surface area contributed by atoms with Gasteiger partial charge in [0, 0.05) is 5.39 Å². The first-order chi connectivity index (χ1) is 12.3. The molecular formula is C17H17F3N4O2. The van der Waals surface area contributed by atoms with Gasteiger partial charge in [0.05, 0.1) is 23.1 Å². The monoisotopic (exact) mass is 366 g/mol. The highest BCUT2D eigenvalue weighted by atomic mass is 19.4. The van der Waals surface area contributed by atoms with Crippen molar-refractivity contribution in [1.29, 1.82) is 0 Å². The lowest BCUT2D eigenvalue weighted by Gasteiger charge is -2.12. The Hall–Kier alpha value is -2.84. The molecule has 3 rings (SSSR count). The van der Waals surface area contributed by atoms with E-state index in [0.29, 0.717) is 6.42 Å². The van der Waals surface area contributed by atoms with E-state index in [1.807, 2.05) is 6.92 Å². The van der Waals surface area contributed by atoms with Crippen LogP contribution in [-0.2, 0) is 22.3 Å². The quantitative estimate of drug-likeness (QED) is 0.552. The van der Waals surface area contributed by atoms with E-state index in [9.17, 15) is 18.0 Å². The van der Waals surface area contributed by atoms with Gasteiger partial charge in [-0.15, -0.1) is 0 Å². The molecule has 6 nitrogen and oxygen atoms in total. The van der Waals surface area contributed by atoms with E-state index >= 15 is 0 Å². The Kier molecular flexibility index (Phi) is 4.71. The summed E-state index contributed by atoms with van der Waals surface area (Å²) in [5.74, 6) is -0.580. The second-order valence-electron chi connectivity index (χ2n) is 5.82. The third kappa shape index (κ3) is 3.16. The lowest BCUT2D eigenvalue weighted by atomic mass is 10.1. The van der Waals surface area contributed by atoms with Crippen LogP contribution in [0, 0.1) is 0 Å². The zero-order chi connectivity index (χ0) is 18.9. The van der Waals surface area contributed by atoms with Crippen LogP contribution in [-0.4, -0.2) is 27.1 Å². The molecular weight excluding hydrogens is 349 g/mol. The fourth-order valence-corrected chi connectivity index (χ4v) is 2.88. The molecule has 0 aliphatic heterocycles. The van der Waals surface area contributed by atoms with Gasteiger partial charge >= 0.3 is 12.1 Å². The number of rotatable bonds is 5. The first-order valence-electron chi connectivity index (χ1n) is 8.08. The Morgan fingerprint density at radius 1 is 1.31 bits per heavy atom. The normalized spacial score (nSPS) is 12.0. The predicted octanol–water partition coefficient (Wildman–Crippen LogP) is 3.53. The third-order valence-corrected chi connectivity index (χ3v) is 4.04. The van der Waals surface area contributed by atoms with Crippen molar-refractivity contribution in [3.63, 3.8) is 0 Å². The van der Waals surface area contributed by atoms with Crippen LogP contribution >= 0.6 is 0 Å². The number of ether oxygens (including phenoxy) is 1. The first kappa shape index (κ1) is 18.0. The molecule has 0 bridgehead atoms. The molecule has 2 aromatic heterocycles. The van der Waals surface area contributed by atoms with E-state index in [2.05, 4.69) is 9.97 Å². The van der Waals surface area contributed by atoms with Crippen LogP contribution in [0.1, 0.15) is 25.3 Å². The second kappa shape index (κ2) is 6.81. The summed E-state index contributed by atoms with van der Waals surface area (Å²) < 4.78 is 46.8. The Morgan fingerprint density at radius 2 is 2.08 bits per heavy atom. The summed E-state index contributed by atoms with van der Waals surface area (Å²) >= 11 is 0. The number of nitrogens with zero attached hydrogens (tertiary/aromatic N) is 3. The minimum atomic E-state index is -4.60. The predicted molar refractivity (Wildman–Crippen MR) is 90.3 cm³/mol. The van der Waals surface area contributed by atoms with Crippen molar-refractivity contribution in [3.05, 3.63) is 30.1 Å². The maximum absolute atomic E-state index is 13.5. The van der Waals surface area contributed by atoms with Gasteiger partial charge in [0.2, 0.25) is 0 Å². The number of nitrogen functional groups attached to an aromatic ring is 1. The number of nitrogens with two attached hydrogens (primary N) is 1. The molecule has 0 saturated carbocycles. The Labute approximate surface area is 146 Å². The number of anilines is 1. The van der Waals surface area contributed by atoms with Crippen LogP contribution in [0.5, 0.6) is 0 Å². The van der Waals surface area contributed by atoms with E-state index in [-0.39, 0.29) is 34.4 Å². The van der Waals surface area contributed by atoms with Gasteiger partial charge in [-0.05, 0) is 12.5 Å². The highest BCUT2D eigenvalue weighted by molar-refractivity contribution is 6.12. The van der Waals surface area contributed by atoms with Gasteiger partial charge in [-0.25, -0.2) is 9.97 Å². The Bertz CT molecular complexity index is 966. The number of carbonyl (C=O) groups excluding carboxylic acids is 1. The number of hydrogen-bond acceptors (Lipinski definition) is 5. The smallest absolute Gasteiger partial charge is 0.418 e. The number of fused-ring (bicyclic) bond motifs is 3. The van der Waals surface area contributed by atoms with Crippen molar-refractivity contribution in [3.8, 4) is 0 Å². The lowest BCUT2D eigenvalue weighted by molar-refractivity contribution is -0.144. The van der Waals surface area contributed by atoms with E-state index in [4.69, 9.17) is 10.5 Å². The van der Waals surface area contributed by atoms with E-state index in [1.54, 1.807) is 0 Å². The second-order valence-corrected chi connectivity index (χ2v) is 5.82. The zero-order valence-electron chi connectivity index (χ0n) is 14.0. The average molecular weight is 366 g/mol. The molecule has 0 fully saturated rings. The maximum atomic E-state index is 13.5. The summed E-state index contributed by atoms with van der Waals surface area (Å²) in [5, 5.41) is 0.532. The fourth-order valence-electron chi connectivity index (χ4n) is 2.88. The number of halogens is 3. The number of aromatic nitrogens is 3. The van der Waals surface area contributed by atoms with Gasteiger partial charge in [0.25, 0.3) is 0 Å². The summed E-state index contributed by atoms with van der Waals surface area (Å²) in [5.41, 5.74) is 5.00. The van der Waals surface area contributed by atoms with Crippen molar-refractivity contribution in [1.82, 2.24) is 14.5 Å². The van der Waals surface area contributed by atoms with Gasteiger partial charge in [0.15, 0.2) is 0 Å². The molecule has 3 aromatic rings. The average Bonchev–Trinajstić information content (AvgIpc) is 2.89. The van der Waals surface area contributed by atoms with Gasteiger partial charge in [-0.2, -0.15) is 13.2 Å². The van der Waals surface area contributed by atoms with Crippen molar-refractivity contribution < 1.29 is 22.7 Å². The van der Waals surface area contributed by atoms with E-state index < -0.39 is 24.3 Å². The topological polar surface area (TPSA) is 83.0 Å². The fraction of sp³-hybridized carbons (Fsp3) is 0.353. The number of hydrogen-bond donors (Lipinski definition) is 1. The molecule has 0 aliphatic carbocycles. The number of para-hydroxylation sites is 1. The van der Waals surface area contributed by atoms with Crippen LogP contribution in [0.4, 0.5) is 19.0 Å². The lowest BCUT2D eigenvalue weighted by Crippen LogP contribution is -2.16. The van der Waals surface area contributed by atoms with E-state index in [1.165, 1.54) is 16.7 Å². The summed E-state index contributed by atoms with van der Waals surface area (Å²) in [4.78, 5) is 20.0. The molecule has 0 spiro atoms. The molecule has 26 heavy (non-hydrogen) atoms. The van der Waals surface area contributed by atoms with Gasteiger partial charge in [-0.1, -0.05) is 25.5 Å². The largest absolute Gasteiger partial charge is 0.464 e. The summed E-state index contributed by atoms with van der Waals surface area (Å²) in [6.07, 6.45) is -1.92. The minimum absolute atomic E-state index is 0.0532. The molecule has 0 radical (unpaired) electrons. The van der Waals surface area contributed by atoms with Crippen LogP contribution in [0.25, 0.3) is 21.9 Å². The number of unbranched alkanes of at least 4 members (excludes halogenated alkanes) is 1. The number of esters is 1. The van der Waals surface area contributed by atoms with Crippen molar-refractivity contribution in [2.24, 2.45) is 0 Å². The van der Waals surface area contributed by atoms with Crippen molar-refractivity contribution in [2.75, 3.05) is 12.3 Å². The standard InChI is InChI=1S/C17H17F3N4O2/c1-2-3-7-26-12(25)8-24-14-10(5-4-6-11(14)17(18,19)20)13-15(21)22-9-23-16(13)24/h4-6,9H,2-3,7-8H2,1H3,(H2,21,22,23). The SMILES string of the molecule is CCCCOC(=O)Cn1c2ncnc(N)c2c2cccc(C(F)(F)F)c21. The molecule has 2 heterocycles. The summed E-state index contributed by atoms with van der Waals surface area (Å²) in [6, 6.07) is 3.76. The molecule has 0 saturated heterocycles. The summed E-state index contributed by atoms with van der Waals surface area (Å²) in [6.45, 7) is 1.76. The molecule has 2 N–H and O–H groups in total. The number of carbonyl (C=O) groups is 1. The summed E-state index contributed by atoms with van der Waals surface area (Å²) in [7, 11) is 0. The number of benzene rings is 1. The van der Waals surface area contributed by atoms with E-state index in [0.717, 1.165) is 18.8 Å². The molecule has 9 heteroatoms. The Balaban J connectivity index is 2.21. The maximum Gasteiger partial charge on any atom is 0.418 e. The zero-order valence-corrected chi connectivity index (χ0v) is 14.0. The van der Waals surface area contributed by atoms with Gasteiger partial charge < -0.3 is 15.0 Å².